The summed E-state index contributed by atoms with van der Waals surface area (Å²) >= 11 is 0. The zero-order valence-electron chi connectivity index (χ0n) is 12.0. The SMILES string of the molecule is O=C(Cc1ccccc1)N[C@@H](CO)C(=O)NC1CCCC1. The lowest BCUT2D eigenvalue weighted by Gasteiger charge is -2.19. The maximum Gasteiger partial charge on any atom is 0.245 e. The van der Waals surface area contributed by atoms with Gasteiger partial charge in [-0.3, -0.25) is 9.59 Å². The minimum absolute atomic E-state index is 0.178. The van der Waals surface area contributed by atoms with E-state index in [9.17, 15) is 14.7 Å². The lowest BCUT2D eigenvalue weighted by molar-refractivity contribution is -0.130. The second kappa shape index (κ2) is 7.78. The monoisotopic (exact) mass is 290 g/mol. The van der Waals surface area contributed by atoms with Crippen LogP contribution in [-0.4, -0.2) is 35.6 Å². The quantitative estimate of drug-likeness (QED) is 0.724. The van der Waals surface area contributed by atoms with E-state index < -0.39 is 6.04 Å². The van der Waals surface area contributed by atoms with Crippen LogP contribution in [-0.2, 0) is 16.0 Å². The van der Waals surface area contributed by atoms with Gasteiger partial charge in [0, 0.05) is 6.04 Å². The van der Waals surface area contributed by atoms with Crippen LogP contribution < -0.4 is 10.6 Å². The number of hydrogen-bond donors (Lipinski definition) is 3. The molecular formula is C16H22N2O3. The van der Waals surface area contributed by atoms with E-state index in [-0.39, 0.29) is 30.9 Å². The molecule has 0 bridgehead atoms. The fourth-order valence-electron chi connectivity index (χ4n) is 2.59. The number of rotatable bonds is 6. The van der Waals surface area contributed by atoms with Crippen molar-refractivity contribution < 1.29 is 14.7 Å². The zero-order chi connectivity index (χ0) is 15.1. The highest BCUT2D eigenvalue weighted by atomic mass is 16.3. The lowest BCUT2D eigenvalue weighted by Crippen LogP contribution is -2.51. The Bertz CT molecular complexity index is 470. The molecule has 1 aromatic rings. The van der Waals surface area contributed by atoms with Gasteiger partial charge >= 0.3 is 0 Å². The van der Waals surface area contributed by atoms with Crippen LogP contribution in [0, 0.1) is 0 Å². The first kappa shape index (κ1) is 15.5. The summed E-state index contributed by atoms with van der Waals surface area (Å²) < 4.78 is 0. The second-order valence-corrected chi connectivity index (χ2v) is 5.46. The molecule has 0 spiro atoms. The van der Waals surface area contributed by atoms with Crippen molar-refractivity contribution in [3.8, 4) is 0 Å². The minimum atomic E-state index is -0.873. The summed E-state index contributed by atoms with van der Waals surface area (Å²) in [5.41, 5.74) is 0.878. The number of aliphatic hydroxyl groups is 1. The Balaban J connectivity index is 1.83. The van der Waals surface area contributed by atoms with E-state index in [0.29, 0.717) is 0 Å². The van der Waals surface area contributed by atoms with Crippen molar-refractivity contribution >= 4 is 11.8 Å². The van der Waals surface area contributed by atoms with E-state index in [1.807, 2.05) is 30.3 Å². The fraction of sp³-hybridized carbons (Fsp3) is 0.500. The predicted molar refractivity (Wildman–Crippen MR) is 79.6 cm³/mol. The first-order valence-electron chi connectivity index (χ1n) is 7.43. The van der Waals surface area contributed by atoms with Gasteiger partial charge in [0.05, 0.1) is 13.0 Å². The normalized spacial score (nSPS) is 16.4. The fourth-order valence-corrected chi connectivity index (χ4v) is 2.59. The van der Waals surface area contributed by atoms with Gasteiger partial charge < -0.3 is 15.7 Å². The van der Waals surface area contributed by atoms with Crippen molar-refractivity contribution in [2.24, 2.45) is 0 Å². The topological polar surface area (TPSA) is 78.4 Å². The van der Waals surface area contributed by atoms with Crippen molar-refractivity contribution in [2.45, 2.75) is 44.2 Å². The highest BCUT2D eigenvalue weighted by Gasteiger charge is 2.24. The maximum atomic E-state index is 12.0. The Kier molecular flexibility index (Phi) is 5.75. The molecule has 1 aliphatic rings. The molecule has 2 amide bonds. The number of benzene rings is 1. The van der Waals surface area contributed by atoms with E-state index >= 15 is 0 Å². The van der Waals surface area contributed by atoms with E-state index in [4.69, 9.17) is 0 Å². The van der Waals surface area contributed by atoms with Crippen LogP contribution in [0.1, 0.15) is 31.2 Å². The molecule has 0 radical (unpaired) electrons. The van der Waals surface area contributed by atoms with Crippen LogP contribution in [0.15, 0.2) is 30.3 Å². The largest absolute Gasteiger partial charge is 0.394 e. The molecule has 114 valence electrons. The summed E-state index contributed by atoms with van der Waals surface area (Å²) in [5.74, 6) is -0.562. The third-order valence-electron chi connectivity index (χ3n) is 3.74. The Labute approximate surface area is 124 Å². The Morgan fingerprint density at radius 3 is 2.48 bits per heavy atom. The molecule has 0 aliphatic heterocycles. The molecule has 0 heterocycles. The molecule has 21 heavy (non-hydrogen) atoms. The molecule has 1 fully saturated rings. The van der Waals surface area contributed by atoms with Crippen LogP contribution in [0.25, 0.3) is 0 Å². The van der Waals surface area contributed by atoms with E-state index in [0.717, 1.165) is 31.2 Å². The Morgan fingerprint density at radius 2 is 1.86 bits per heavy atom. The number of nitrogens with one attached hydrogen (secondary N) is 2. The molecule has 1 aromatic carbocycles. The average Bonchev–Trinajstić information content (AvgIpc) is 2.98. The molecule has 1 saturated carbocycles. The minimum Gasteiger partial charge on any atom is -0.394 e. The maximum absolute atomic E-state index is 12.0. The summed E-state index contributed by atoms with van der Waals surface area (Å²) in [6.45, 7) is -0.390. The number of aliphatic hydroxyl groups excluding tert-OH is 1. The first-order valence-corrected chi connectivity index (χ1v) is 7.43. The van der Waals surface area contributed by atoms with Crippen LogP contribution >= 0.6 is 0 Å². The average molecular weight is 290 g/mol. The van der Waals surface area contributed by atoms with Gasteiger partial charge in [-0.2, -0.15) is 0 Å². The van der Waals surface area contributed by atoms with Gasteiger partial charge in [0.15, 0.2) is 0 Å². The smallest absolute Gasteiger partial charge is 0.245 e. The van der Waals surface area contributed by atoms with Crippen LogP contribution in [0.5, 0.6) is 0 Å². The molecule has 2 rings (SSSR count). The molecule has 5 heteroatoms. The molecule has 3 N–H and O–H groups in total. The second-order valence-electron chi connectivity index (χ2n) is 5.46. The standard InChI is InChI=1S/C16H22N2O3/c19-11-14(16(21)17-13-8-4-5-9-13)18-15(20)10-12-6-2-1-3-7-12/h1-3,6-7,13-14,19H,4-5,8-11H2,(H,17,21)(H,18,20)/t14-/m0/s1. The van der Waals surface area contributed by atoms with E-state index in [1.54, 1.807) is 0 Å². The molecule has 1 aliphatic carbocycles. The lowest BCUT2D eigenvalue weighted by atomic mass is 10.1. The van der Waals surface area contributed by atoms with Crippen molar-refractivity contribution in [1.29, 1.82) is 0 Å². The van der Waals surface area contributed by atoms with E-state index in [1.165, 1.54) is 0 Å². The summed E-state index contributed by atoms with van der Waals surface area (Å²) in [5, 5.41) is 14.8. The molecule has 0 unspecified atom stereocenters. The van der Waals surface area contributed by atoms with Gasteiger partial charge in [0.2, 0.25) is 11.8 Å². The highest BCUT2D eigenvalue weighted by molar-refractivity contribution is 5.88. The molecule has 0 aromatic heterocycles. The summed E-state index contributed by atoms with van der Waals surface area (Å²) in [7, 11) is 0. The van der Waals surface area contributed by atoms with Gasteiger partial charge in [0.25, 0.3) is 0 Å². The van der Waals surface area contributed by atoms with Gasteiger partial charge in [-0.15, -0.1) is 0 Å². The van der Waals surface area contributed by atoms with Crippen LogP contribution in [0.4, 0.5) is 0 Å². The number of amides is 2. The molecule has 0 saturated heterocycles. The summed E-state index contributed by atoms with van der Waals surface area (Å²) in [6, 6.07) is 8.61. The Morgan fingerprint density at radius 1 is 1.19 bits per heavy atom. The number of hydrogen-bond acceptors (Lipinski definition) is 3. The van der Waals surface area contributed by atoms with Gasteiger partial charge in [-0.25, -0.2) is 0 Å². The van der Waals surface area contributed by atoms with Gasteiger partial charge in [-0.05, 0) is 18.4 Å². The third kappa shape index (κ3) is 4.86. The highest BCUT2D eigenvalue weighted by Crippen LogP contribution is 2.17. The van der Waals surface area contributed by atoms with Gasteiger partial charge in [-0.1, -0.05) is 43.2 Å². The van der Waals surface area contributed by atoms with Crippen LogP contribution in [0.3, 0.4) is 0 Å². The van der Waals surface area contributed by atoms with Crippen LogP contribution in [0.2, 0.25) is 0 Å². The number of carbonyl (C=O) groups is 2. The van der Waals surface area contributed by atoms with Gasteiger partial charge in [0.1, 0.15) is 6.04 Å². The van der Waals surface area contributed by atoms with E-state index in [2.05, 4.69) is 10.6 Å². The molecular weight excluding hydrogens is 268 g/mol. The predicted octanol–water partition coefficient (Wildman–Crippen LogP) is 0.765. The third-order valence-corrected chi connectivity index (χ3v) is 3.74. The van der Waals surface area contributed by atoms with Crippen molar-refractivity contribution in [2.75, 3.05) is 6.61 Å². The first-order chi connectivity index (χ1) is 10.2. The molecule has 1 atom stereocenters. The molecule has 5 nitrogen and oxygen atoms in total. The summed E-state index contributed by atoms with van der Waals surface area (Å²) in [4.78, 5) is 24.0. The van der Waals surface area contributed by atoms with Crippen molar-refractivity contribution in [1.82, 2.24) is 10.6 Å². The Hall–Kier alpha value is -1.88. The zero-order valence-corrected chi connectivity index (χ0v) is 12.0. The van der Waals surface area contributed by atoms with Crippen molar-refractivity contribution in [3.63, 3.8) is 0 Å². The van der Waals surface area contributed by atoms with Crippen molar-refractivity contribution in [3.05, 3.63) is 35.9 Å². The number of carbonyl (C=O) groups excluding carboxylic acids is 2. The summed E-state index contributed by atoms with van der Waals surface area (Å²) in [6.07, 6.45) is 4.39.